The summed E-state index contributed by atoms with van der Waals surface area (Å²) in [5.74, 6) is 2.02. The van der Waals surface area contributed by atoms with Crippen LogP contribution in [0.2, 0.25) is 0 Å². The van der Waals surface area contributed by atoms with Crippen molar-refractivity contribution in [3.05, 3.63) is 88.0 Å². The molecule has 0 N–H and O–H groups in total. The third kappa shape index (κ3) is 4.06. The Morgan fingerprint density at radius 3 is 2.77 bits per heavy atom. The maximum absolute atomic E-state index is 12.5. The summed E-state index contributed by atoms with van der Waals surface area (Å²) in [5.41, 5.74) is 1.87. The van der Waals surface area contributed by atoms with Gasteiger partial charge in [0, 0.05) is 16.7 Å². The summed E-state index contributed by atoms with van der Waals surface area (Å²) in [6.07, 6.45) is 0. The molecule has 7 nitrogen and oxygen atoms in total. The summed E-state index contributed by atoms with van der Waals surface area (Å²) < 4.78 is 7.10. The molecule has 1 aliphatic rings. The number of hydrogen-bond donors (Lipinski definition) is 0. The molecule has 4 aromatic rings. The first-order valence-corrected chi connectivity index (χ1v) is 11.7. The molecule has 0 unspecified atom stereocenters. The smallest absolute Gasteiger partial charge is 0.345 e. The van der Waals surface area contributed by atoms with E-state index in [1.54, 1.807) is 10.7 Å². The summed E-state index contributed by atoms with van der Waals surface area (Å²) in [4.78, 5) is 24.8. The predicted molar refractivity (Wildman–Crippen MR) is 122 cm³/mol. The van der Waals surface area contributed by atoms with Crippen molar-refractivity contribution in [2.75, 3.05) is 11.5 Å². The summed E-state index contributed by atoms with van der Waals surface area (Å²) >= 11 is 2.92. The molecule has 0 atom stereocenters. The first-order chi connectivity index (χ1) is 15.2. The van der Waals surface area contributed by atoms with Crippen LogP contribution in [-0.2, 0) is 5.75 Å². The molecule has 0 saturated heterocycles. The first kappa shape index (κ1) is 19.8. The highest BCUT2D eigenvalue weighted by Crippen LogP contribution is 2.26. The average Bonchev–Trinajstić information content (AvgIpc) is 3.21. The molecule has 5 rings (SSSR count). The van der Waals surface area contributed by atoms with E-state index < -0.39 is 5.63 Å². The highest BCUT2D eigenvalue weighted by molar-refractivity contribution is 8.00. The number of benzene rings is 2. The molecule has 0 radical (unpaired) electrons. The Kier molecular flexibility index (Phi) is 5.44. The summed E-state index contributed by atoms with van der Waals surface area (Å²) in [6.45, 7) is 0. The van der Waals surface area contributed by atoms with Crippen LogP contribution in [0.5, 0.6) is 0 Å². The van der Waals surface area contributed by atoms with Gasteiger partial charge in [-0.2, -0.15) is 9.78 Å². The van der Waals surface area contributed by atoms with Crippen LogP contribution in [0.4, 0.5) is 0 Å². The Morgan fingerprint density at radius 2 is 1.90 bits per heavy atom. The minimum atomic E-state index is -0.418. The van der Waals surface area contributed by atoms with E-state index in [0.29, 0.717) is 50.7 Å². The Labute approximate surface area is 185 Å². The third-order valence-corrected chi connectivity index (χ3v) is 6.61. The fourth-order valence-corrected chi connectivity index (χ4v) is 4.86. The number of thioether (sulfide) groups is 2. The van der Waals surface area contributed by atoms with E-state index in [4.69, 9.17) is 4.42 Å². The van der Waals surface area contributed by atoms with Gasteiger partial charge in [-0.3, -0.25) is 4.79 Å². The molecule has 0 saturated carbocycles. The molecule has 0 bridgehead atoms. The maximum atomic E-state index is 12.5. The minimum Gasteiger partial charge on any atom is -0.422 e. The average molecular weight is 449 g/mol. The summed E-state index contributed by atoms with van der Waals surface area (Å²) in [7, 11) is 0. The van der Waals surface area contributed by atoms with Crippen LogP contribution < -0.4 is 5.63 Å². The van der Waals surface area contributed by atoms with Crippen LogP contribution in [0.25, 0.3) is 11.0 Å². The first-order valence-electron chi connectivity index (χ1n) is 9.53. The SMILES string of the molecule is O=C(CSCc1nnc2n1N=C(c1cc3ccccc3oc1=O)CS2)c1ccccc1. The number of para-hydroxylation sites is 1. The van der Waals surface area contributed by atoms with Gasteiger partial charge in [0.15, 0.2) is 11.6 Å². The Bertz CT molecular complexity index is 1360. The highest BCUT2D eigenvalue weighted by atomic mass is 32.2. The second kappa shape index (κ2) is 8.52. The zero-order valence-corrected chi connectivity index (χ0v) is 17.9. The molecular formula is C22H16N4O3S2. The monoisotopic (exact) mass is 448 g/mol. The van der Waals surface area contributed by atoms with Gasteiger partial charge in [0.2, 0.25) is 5.16 Å². The Balaban J connectivity index is 1.37. The number of aromatic nitrogens is 3. The van der Waals surface area contributed by atoms with Gasteiger partial charge in [-0.15, -0.1) is 22.0 Å². The molecule has 2 aromatic heterocycles. The van der Waals surface area contributed by atoms with Gasteiger partial charge < -0.3 is 4.42 Å². The Hall–Kier alpha value is -3.17. The molecule has 1 aliphatic heterocycles. The van der Waals surface area contributed by atoms with E-state index >= 15 is 0 Å². The molecule has 31 heavy (non-hydrogen) atoms. The lowest BCUT2D eigenvalue weighted by Gasteiger charge is -2.13. The lowest BCUT2D eigenvalue weighted by Crippen LogP contribution is -2.21. The van der Waals surface area contributed by atoms with Crippen LogP contribution in [-0.4, -0.2) is 37.9 Å². The Morgan fingerprint density at radius 1 is 1.10 bits per heavy atom. The number of fused-ring (bicyclic) bond motifs is 2. The van der Waals surface area contributed by atoms with E-state index in [1.807, 2.05) is 54.6 Å². The second-order valence-electron chi connectivity index (χ2n) is 6.81. The van der Waals surface area contributed by atoms with E-state index in [2.05, 4.69) is 15.3 Å². The van der Waals surface area contributed by atoms with Gasteiger partial charge in [0.25, 0.3) is 0 Å². The van der Waals surface area contributed by atoms with Crippen molar-refractivity contribution >= 4 is 46.0 Å². The minimum absolute atomic E-state index is 0.0660. The van der Waals surface area contributed by atoms with E-state index in [9.17, 15) is 9.59 Å². The van der Waals surface area contributed by atoms with E-state index in [1.165, 1.54) is 23.5 Å². The largest absolute Gasteiger partial charge is 0.422 e. The van der Waals surface area contributed by atoms with Crippen LogP contribution in [0, 0.1) is 0 Å². The van der Waals surface area contributed by atoms with Crippen molar-refractivity contribution in [3.63, 3.8) is 0 Å². The second-order valence-corrected chi connectivity index (χ2v) is 8.74. The predicted octanol–water partition coefficient (Wildman–Crippen LogP) is 3.86. The van der Waals surface area contributed by atoms with Crippen molar-refractivity contribution in [3.8, 4) is 0 Å². The summed E-state index contributed by atoms with van der Waals surface area (Å²) in [5, 5.41) is 14.5. The van der Waals surface area contributed by atoms with Gasteiger partial charge in [-0.1, -0.05) is 60.3 Å². The highest BCUT2D eigenvalue weighted by Gasteiger charge is 2.22. The van der Waals surface area contributed by atoms with Gasteiger partial charge >= 0.3 is 5.63 Å². The van der Waals surface area contributed by atoms with Crippen LogP contribution >= 0.6 is 23.5 Å². The number of rotatable bonds is 6. The molecule has 0 aliphatic carbocycles. The molecule has 0 spiro atoms. The van der Waals surface area contributed by atoms with E-state index in [0.717, 1.165) is 5.39 Å². The van der Waals surface area contributed by atoms with E-state index in [-0.39, 0.29) is 5.78 Å². The normalized spacial score (nSPS) is 13.1. The molecule has 0 amide bonds. The number of carbonyl (C=O) groups excluding carboxylic acids is 1. The molecule has 3 heterocycles. The van der Waals surface area contributed by atoms with Crippen LogP contribution in [0.1, 0.15) is 21.7 Å². The van der Waals surface area contributed by atoms with Gasteiger partial charge in [-0.05, 0) is 12.1 Å². The summed E-state index contributed by atoms with van der Waals surface area (Å²) in [6, 6.07) is 18.4. The van der Waals surface area contributed by atoms with Crippen LogP contribution in [0.3, 0.4) is 0 Å². The van der Waals surface area contributed by atoms with Crippen molar-refractivity contribution in [1.29, 1.82) is 0 Å². The standard InChI is InChI=1S/C22H16N4O3S2/c27-18(14-6-2-1-3-7-14)12-30-13-20-23-24-22-26(20)25-17(11-31-22)16-10-15-8-4-5-9-19(15)29-21(16)28/h1-10H,11-13H2. The number of carbonyl (C=O) groups is 1. The zero-order chi connectivity index (χ0) is 21.2. The van der Waals surface area contributed by atoms with Crippen molar-refractivity contribution in [2.45, 2.75) is 10.9 Å². The fourth-order valence-electron chi connectivity index (χ4n) is 3.20. The number of nitrogens with zero attached hydrogens (tertiary/aromatic N) is 4. The van der Waals surface area contributed by atoms with Gasteiger partial charge in [-0.25, -0.2) is 4.79 Å². The molecule has 2 aromatic carbocycles. The zero-order valence-electron chi connectivity index (χ0n) is 16.2. The molecule has 9 heteroatoms. The number of hydrogen-bond acceptors (Lipinski definition) is 8. The van der Waals surface area contributed by atoms with Crippen molar-refractivity contribution in [2.24, 2.45) is 5.10 Å². The number of Topliss-reactive ketones (excluding diaryl/α,β-unsaturated/α-hetero) is 1. The van der Waals surface area contributed by atoms with Crippen molar-refractivity contribution < 1.29 is 9.21 Å². The fraction of sp³-hybridized carbons (Fsp3) is 0.136. The quantitative estimate of drug-likeness (QED) is 0.327. The molecule has 0 fully saturated rings. The topological polar surface area (TPSA) is 90.3 Å². The van der Waals surface area contributed by atoms with Gasteiger partial charge in [0.1, 0.15) is 5.58 Å². The molecule has 154 valence electrons. The number of ketones is 1. The van der Waals surface area contributed by atoms with Crippen LogP contribution in [0.15, 0.2) is 80.1 Å². The van der Waals surface area contributed by atoms with Crippen molar-refractivity contribution in [1.82, 2.24) is 14.9 Å². The lowest BCUT2D eigenvalue weighted by atomic mass is 10.1. The maximum Gasteiger partial charge on any atom is 0.345 e. The third-order valence-electron chi connectivity index (χ3n) is 4.75. The molecular weight excluding hydrogens is 432 g/mol. The lowest BCUT2D eigenvalue weighted by molar-refractivity contribution is 0.102. The van der Waals surface area contributed by atoms with Gasteiger partial charge in [0.05, 0.1) is 22.8 Å².